The molecule has 3 atom stereocenters. The number of carbonyl (C=O) groups is 1. The Hall–Kier alpha value is -0.580. The largest absolute Gasteiger partial charge is 0.463 e. The molecular weight excluding hydrogens is 268 g/mol. The van der Waals surface area contributed by atoms with Crippen molar-refractivity contribution in [1.82, 2.24) is 0 Å². The Morgan fingerprint density at radius 3 is 2.63 bits per heavy atom. The second-order valence-electron chi connectivity index (χ2n) is 4.66. The van der Waals surface area contributed by atoms with Crippen molar-refractivity contribution >= 4 is 17.6 Å². The predicted molar refractivity (Wildman–Crippen MR) is 74.2 cm³/mol. The molecule has 0 aliphatic heterocycles. The highest BCUT2D eigenvalue weighted by molar-refractivity contribution is 6.21. The first-order valence-electron chi connectivity index (χ1n) is 6.88. The van der Waals surface area contributed by atoms with Crippen molar-refractivity contribution in [2.45, 2.75) is 63.7 Å². The summed E-state index contributed by atoms with van der Waals surface area (Å²) in [5.74, 6) is -0.377. The van der Waals surface area contributed by atoms with Crippen LogP contribution in [0.2, 0.25) is 0 Å². The van der Waals surface area contributed by atoms with Gasteiger partial charge in [-0.15, -0.1) is 11.6 Å². The third-order valence-electron chi connectivity index (χ3n) is 3.29. The fourth-order valence-electron chi connectivity index (χ4n) is 2.10. The summed E-state index contributed by atoms with van der Waals surface area (Å²) < 4.78 is 10.8. The van der Waals surface area contributed by atoms with Gasteiger partial charge in [0.05, 0.1) is 18.1 Å². The van der Waals surface area contributed by atoms with Crippen LogP contribution in [0.4, 0.5) is 0 Å². The molecule has 0 saturated carbocycles. The fraction of sp³-hybridized carbons (Fsp3) is 0.786. The number of rotatable bonds is 6. The molecule has 0 radical (unpaired) electrons. The van der Waals surface area contributed by atoms with Gasteiger partial charge in [0.1, 0.15) is 12.2 Å². The van der Waals surface area contributed by atoms with Crippen molar-refractivity contribution in [2.24, 2.45) is 0 Å². The van der Waals surface area contributed by atoms with Gasteiger partial charge in [-0.3, -0.25) is 0 Å². The fourth-order valence-corrected chi connectivity index (χ4v) is 2.41. The second kappa shape index (κ2) is 7.88. The predicted octanol–water partition coefficient (Wildman–Crippen LogP) is 2.42. The maximum atomic E-state index is 11.7. The van der Waals surface area contributed by atoms with Crippen LogP contribution in [0.25, 0.3) is 0 Å². The lowest BCUT2D eigenvalue weighted by Gasteiger charge is -2.32. The van der Waals surface area contributed by atoms with Crippen molar-refractivity contribution in [1.29, 1.82) is 0 Å². The summed E-state index contributed by atoms with van der Waals surface area (Å²) in [6.07, 6.45) is 2.40. The minimum Gasteiger partial charge on any atom is -0.463 e. The molecule has 5 heteroatoms. The van der Waals surface area contributed by atoms with Gasteiger partial charge in [-0.2, -0.15) is 0 Å². The molecule has 0 heterocycles. The summed E-state index contributed by atoms with van der Waals surface area (Å²) in [4.78, 5) is 11.7. The van der Waals surface area contributed by atoms with Gasteiger partial charge in [0, 0.05) is 5.57 Å². The standard InChI is InChI=1S/C14H23ClO4/c1-4-10(5-2)19-12-8-9(14(17)18-6-3)7-11(15)13(12)16/h8,10-13,16H,4-7H2,1-3H3/t11?,12-,13+/m1/s1. The molecule has 1 unspecified atom stereocenters. The zero-order valence-electron chi connectivity index (χ0n) is 11.8. The number of esters is 1. The minimum absolute atomic E-state index is 0.0568. The number of hydrogen-bond donors (Lipinski definition) is 1. The van der Waals surface area contributed by atoms with Crippen molar-refractivity contribution in [3.05, 3.63) is 11.6 Å². The van der Waals surface area contributed by atoms with Crippen molar-refractivity contribution < 1.29 is 19.4 Å². The van der Waals surface area contributed by atoms with E-state index in [0.29, 0.717) is 18.6 Å². The molecule has 1 N–H and O–H groups in total. The van der Waals surface area contributed by atoms with Crippen LogP contribution in [0.15, 0.2) is 11.6 Å². The van der Waals surface area contributed by atoms with Crippen LogP contribution in [0.3, 0.4) is 0 Å². The lowest BCUT2D eigenvalue weighted by atomic mass is 9.94. The van der Waals surface area contributed by atoms with E-state index in [4.69, 9.17) is 21.1 Å². The van der Waals surface area contributed by atoms with E-state index in [1.807, 2.05) is 13.8 Å². The SMILES string of the molecule is CCOC(=O)C1=C[C@@H](OC(CC)CC)[C@@H](O)C(Cl)C1. The summed E-state index contributed by atoms with van der Waals surface area (Å²) in [6.45, 7) is 6.13. The van der Waals surface area contributed by atoms with E-state index in [1.165, 1.54) is 0 Å². The third kappa shape index (κ3) is 4.48. The molecule has 0 saturated heterocycles. The van der Waals surface area contributed by atoms with E-state index in [9.17, 15) is 9.90 Å². The molecule has 1 rings (SSSR count). The topological polar surface area (TPSA) is 55.8 Å². The van der Waals surface area contributed by atoms with Crippen LogP contribution < -0.4 is 0 Å². The summed E-state index contributed by atoms with van der Waals surface area (Å²) >= 11 is 6.09. The van der Waals surface area contributed by atoms with Crippen LogP contribution in [0.5, 0.6) is 0 Å². The number of aliphatic hydroxyl groups is 1. The van der Waals surface area contributed by atoms with Crippen LogP contribution in [0.1, 0.15) is 40.0 Å². The van der Waals surface area contributed by atoms with E-state index in [1.54, 1.807) is 13.0 Å². The van der Waals surface area contributed by atoms with Gasteiger partial charge in [-0.05, 0) is 32.3 Å². The van der Waals surface area contributed by atoms with Crippen LogP contribution in [0, 0.1) is 0 Å². The molecule has 0 fully saturated rings. The zero-order valence-corrected chi connectivity index (χ0v) is 12.5. The van der Waals surface area contributed by atoms with Gasteiger partial charge in [-0.1, -0.05) is 13.8 Å². The lowest BCUT2D eigenvalue weighted by molar-refractivity contribution is -0.139. The highest BCUT2D eigenvalue weighted by Gasteiger charge is 2.34. The Labute approximate surface area is 119 Å². The van der Waals surface area contributed by atoms with Crippen molar-refractivity contribution in [2.75, 3.05) is 6.61 Å². The average Bonchev–Trinajstić information content (AvgIpc) is 2.40. The molecule has 1 aliphatic rings. The lowest BCUT2D eigenvalue weighted by Crippen LogP contribution is -2.41. The molecule has 0 aromatic rings. The molecule has 0 bridgehead atoms. The Balaban J connectivity index is 2.81. The van der Waals surface area contributed by atoms with Gasteiger partial charge >= 0.3 is 5.97 Å². The normalized spacial score (nSPS) is 27.3. The number of aliphatic hydroxyl groups excluding tert-OH is 1. The van der Waals surface area contributed by atoms with E-state index < -0.39 is 17.6 Å². The number of ether oxygens (including phenoxy) is 2. The van der Waals surface area contributed by atoms with E-state index in [2.05, 4.69) is 0 Å². The third-order valence-corrected chi connectivity index (χ3v) is 3.70. The van der Waals surface area contributed by atoms with E-state index in [0.717, 1.165) is 12.8 Å². The highest BCUT2D eigenvalue weighted by atomic mass is 35.5. The second-order valence-corrected chi connectivity index (χ2v) is 5.22. The van der Waals surface area contributed by atoms with E-state index in [-0.39, 0.29) is 12.1 Å². The number of alkyl halides is 1. The van der Waals surface area contributed by atoms with Crippen molar-refractivity contribution in [3.8, 4) is 0 Å². The maximum absolute atomic E-state index is 11.7. The zero-order chi connectivity index (χ0) is 14.4. The van der Waals surface area contributed by atoms with Gasteiger partial charge in [0.25, 0.3) is 0 Å². The highest BCUT2D eigenvalue weighted by Crippen LogP contribution is 2.27. The summed E-state index contributed by atoms with van der Waals surface area (Å²) in [5, 5.41) is 9.53. The van der Waals surface area contributed by atoms with Crippen LogP contribution in [-0.4, -0.2) is 41.4 Å². The van der Waals surface area contributed by atoms with Crippen LogP contribution in [-0.2, 0) is 14.3 Å². The molecule has 0 spiro atoms. The Bertz CT molecular complexity index is 325. The first-order chi connectivity index (χ1) is 9.03. The molecule has 0 amide bonds. The number of halogens is 1. The first-order valence-corrected chi connectivity index (χ1v) is 7.32. The Morgan fingerprint density at radius 1 is 1.47 bits per heavy atom. The Morgan fingerprint density at radius 2 is 2.11 bits per heavy atom. The molecular formula is C14H23ClO4. The summed E-state index contributed by atoms with van der Waals surface area (Å²) in [5.41, 5.74) is 0.489. The van der Waals surface area contributed by atoms with E-state index >= 15 is 0 Å². The maximum Gasteiger partial charge on any atom is 0.333 e. The van der Waals surface area contributed by atoms with Gasteiger partial charge in [0.2, 0.25) is 0 Å². The van der Waals surface area contributed by atoms with Gasteiger partial charge < -0.3 is 14.6 Å². The molecule has 19 heavy (non-hydrogen) atoms. The van der Waals surface area contributed by atoms with Crippen molar-refractivity contribution in [3.63, 3.8) is 0 Å². The van der Waals surface area contributed by atoms with Gasteiger partial charge in [0.15, 0.2) is 0 Å². The first kappa shape index (κ1) is 16.5. The Kier molecular flexibility index (Phi) is 6.83. The summed E-state index contributed by atoms with van der Waals surface area (Å²) in [6, 6.07) is 0. The average molecular weight is 291 g/mol. The summed E-state index contributed by atoms with van der Waals surface area (Å²) in [7, 11) is 0. The molecule has 110 valence electrons. The molecule has 4 nitrogen and oxygen atoms in total. The number of carbonyl (C=O) groups excluding carboxylic acids is 1. The quantitative estimate of drug-likeness (QED) is 0.603. The monoisotopic (exact) mass is 290 g/mol. The smallest absolute Gasteiger partial charge is 0.333 e. The molecule has 1 aliphatic carbocycles. The molecule has 0 aromatic heterocycles. The van der Waals surface area contributed by atoms with Gasteiger partial charge in [-0.25, -0.2) is 4.79 Å². The van der Waals surface area contributed by atoms with Crippen LogP contribution >= 0.6 is 11.6 Å². The number of hydrogen-bond acceptors (Lipinski definition) is 4. The minimum atomic E-state index is -0.791. The molecule has 0 aromatic carbocycles.